The van der Waals surface area contributed by atoms with E-state index in [-0.39, 0.29) is 11.7 Å². The van der Waals surface area contributed by atoms with Gasteiger partial charge in [0.1, 0.15) is 0 Å². The number of amides is 1. The molecule has 30 heavy (non-hydrogen) atoms. The highest BCUT2D eigenvalue weighted by Gasteiger charge is 2.27. The summed E-state index contributed by atoms with van der Waals surface area (Å²) in [5, 5.41) is 9.03. The first kappa shape index (κ1) is 20.4. The zero-order chi connectivity index (χ0) is 20.9. The monoisotopic (exact) mass is 411 g/mol. The molecule has 0 saturated heterocycles. The summed E-state index contributed by atoms with van der Waals surface area (Å²) < 4.78 is 5.62. The standard InChI is InChI=1S/C23H29N3O4/c27-22(28)19-8-6-17(7-9-19)12-25-13-20-14-26(11-10-21(20)24-16-25)23(29)30-15-18-4-2-1-3-5-18/h6-9,16,18H,1-5,10-15H2,(H,27,28). The second-order valence-electron chi connectivity index (χ2n) is 8.45. The van der Waals surface area contributed by atoms with Crippen molar-refractivity contribution in [3.05, 3.63) is 46.7 Å². The van der Waals surface area contributed by atoms with Gasteiger partial charge >= 0.3 is 12.1 Å². The highest BCUT2D eigenvalue weighted by atomic mass is 16.6. The number of benzene rings is 1. The molecule has 7 nitrogen and oxygen atoms in total. The van der Waals surface area contributed by atoms with Crippen molar-refractivity contribution >= 4 is 18.4 Å². The molecule has 1 N–H and O–H groups in total. The van der Waals surface area contributed by atoms with E-state index in [1.807, 2.05) is 18.5 Å². The number of carboxylic acids is 1. The molecule has 1 amide bonds. The number of aliphatic imine (C=N–C) groups is 1. The Morgan fingerprint density at radius 2 is 1.87 bits per heavy atom. The molecule has 0 radical (unpaired) electrons. The summed E-state index contributed by atoms with van der Waals surface area (Å²) in [5.74, 6) is -0.405. The summed E-state index contributed by atoms with van der Waals surface area (Å²) >= 11 is 0. The van der Waals surface area contributed by atoms with Crippen LogP contribution in [-0.4, -0.2) is 59.5 Å². The van der Waals surface area contributed by atoms with Crippen LogP contribution >= 0.6 is 0 Å². The number of hydrogen-bond donors (Lipinski definition) is 1. The van der Waals surface area contributed by atoms with Gasteiger partial charge in [0.15, 0.2) is 0 Å². The Hall–Kier alpha value is -2.83. The fourth-order valence-corrected chi connectivity index (χ4v) is 4.43. The molecule has 1 fully saturated rings. The van der Waals surface area contributed by atoms with Crippen LogP contribution in [0.15, 0.2) is 40.5 Å². The molecule has 0 aromatic heterocycles. The van der Waals surface area contributed by atoms with Crippen molar-refractivity contribution in [1.82, 2.24) is 9.80 Å². The van der Waals surface area contributed by atoms with Crippen LogP contribution in [0.3, 0.4) is 0 Å². The SMILES string of the molecule is O=C(O)c1ccc(CN2C=NC3=C(C2)CN(C(=O)OCC2CCCCC2)CC3)cc1. The van der Waals surface area contributed by atoms with Gasteiger partial charge in [-0.2, -0.15) is 0 Å². The molecule has 1 aromatic carbocycles. The summed E-state index contributed by atoms with van der Waals surface area (Å²) in [5.41, 5.74) is 3.53. The normalized spacial score (nSPS) is 19.6. The third-order valence-electron chi connectivity index (χ3n) is 6.19. The van der Waals surface area contributed by atoms with E-state index in [1.165, 1.54) is 32.1 Å². The number of carbonyl (C=O) groups is 2. The molecule has 2 heterocycles. The Balaban J connectivity index is 1.29. The number of hydrogen-bond acceptors (Lipinski definition) is 5. The first-order valence-corrected chi connectivity index (χ1v) is 10.8. The summed E-state index contributed by atoms with van der Waals surface area (Å²) in [7, 11) is 0. The number of aromatic carboxylic acids is 1. The van der Waals surface area contributed by atoms with Crippen molar-refractivity contribution in [1.29, 1.82) is 0 Å². The zero-order valence-corrected chi connectivity index (χ0v) is 17.3. The Kier molecular flexibility index (Phi) is 6.35. The van der Waals surface area contributed by atoms with E-state index in [9.17, 15) is 9.59 Å². The lowest BCUT2D eigenvalue weighted by Gasteiger charge is -2.34. The Morgan fingerprint density at radius 1 is 1.10 bits per heavy atom. The van der Waals surface area contributed by atoms with Gasteiger partial charge in [-0.25, -0.2) is 14.6 Å². The molecule has 3 aliphatic rings. The van der Waals surface area contributed by atoms with E-state index in [0.717, 1.165) is 23.3 Å². The molecule has 0 unspecified atom stereocenters. The van der Waals surface area contributed by atoms with Gasteiger partial charge in [-0.15, -0.1) is 0 Å². The van der Waals surface area contributed by atoms with Crippen LogP contribution in [0.2, 0.25) is 0 Å². The number of rotatable bonds is 5. The van der Waals surface area contributed by atoms with Crippen molar-refractivity contribution in [2.45, 2.75) is 45.1 Å². The maximum Gasteiger partial charge on any atom is 0.410 e. The van der Waals surface area contributed by atoms with Crippen molar-refractivity contribution in [3.63, 3.8) is 0 Å². The lowest BCUT2D eigenvalue weighted by Crippen LogP contribution is -2.41. The first-order chi connectivity index (χ1) is 14.6. The van der Waals surface area contributed by atoms with Gasteiger partial charge in [0.25, 0.3) is 0 Å². The second kappa shape index (κ2) is 9.32. The fourth-order valence-electron chi connectivity index (χ4n) is 4.43. The average molecular weight is 412 g/mol. The van der Waals surface area contributed by atoms with Gasteiger partial charge in [0, 0.05) is 38.3 Å². The molecule has 0 bridgehead atoms. The van der Waals surface area contributed by atoms with E-state index in [2.05, 4.69) is 9.89 Å². The number of nitrogens with zero attached hydrogens (tertiary/aromatic N) is 3. The molecule has 1 saturated carbocycles. The third kappa shape index (κ3) is 5.01. The van der Waals surface area contributed by atoms with Crippen LogP contribution in [0.25, 0.3) is 0 Å². The van der Waals surface area contributed by atoms with Crippen molar-refractivity contribution in [2.24, 2.45) is 10.9 Å². The smallest absolute Gasteiger partial charge is 0.410 e. The van der Waals surface area contributed by atoms with Crippen molar-refractivity contribution in [3.8, 4) is 0 Å². The zero-order valence-electron chi connectivity index (χ0n) is 17.3. The summed E-state index contributed by atoms with van der Waals surface area (Å²) in [6, 6.07) is 6.90. The van der Waals surface area contributed by atoms with Crippen molar-refractivity contribution < 1.29 is 19.4 Å². The summed E-state index contributed by atoms with van der Waals surface area (Å²) in [6.07, 6.45) is 8.52. The number of carboxylic acid groups (broad SMARTS) is 1. The number of ether oxygens (including phenoxy) is 1. The summed E-state index contributed by atoms with van der Waals surface area (Å²) in [4.78, 5) is 32.0. The quantitative estimate of drug-likeness (QED) is 0.794. The van der Waals surface area contributed by atoms with Crippen LogP contribution in [0, 0.1) is 5.92 Å². The van der Waals surface area contributed by atoms with Gasteiger partial charge in [-0.05, 0) is 42.0 Å². The van der Waals surface area contributed by atoms with E-state index in [4.69, 9.17) is 9.84 Å². The first-order valence-electron chi connectivity index (χ1n) is 10.8. The maximum atomic E-state index is 12.6. The van der Waals surface area contributed by atoms with Gasteiger partial charge in [-0.3, -0.25) is 0 Å². The molecule has 2 aliphatic heterocycles. The molecule has 160 valence electrons. The Bertz CT molecular complexity index is 841. The maximum absolute atomic E-state index is 12.6. The van der Waals surface area contributed by atoms with Crippen LogP contribution in [0.5, 0.6) is 0 Å². The average Bonchev–Trinajstić information content (AvgIpc) is 2.78. The fraction of sp³-hybridized carbons (Fsp3) is 0.522. The van der Waals surface area contributed by atoms with Gasteiger partial charge in [0.2, 0.25) is 0 Å². The van der Waals surface area contributed by atoms with E-state index in [1.54, 1.807) is 17.0 Å². The van der Waals surface area contributed by atoms with Crippen LogP contribution in [0.1, 0.15) is 54.4 Å². The minimum atomic E-state index is -0.923. The minimum absolute atomic E-state index is 0.211. The summed E-state index contributed by atoms with van der Waals surface area (Å²) in [6.45, 7) is 3.11. The van der Waals surface area contributed by atoms with Crippen LogP contribution < -0.4 is 0 Å². The van der Waals surface area contributed by atoms with E-state index >= 15 is 0 Å². The molecule has 0 atom stereocenters. The molecule has 0 spiro atoms. The Morgan fingerprint density at radius 3 is 2.60 bits per heavy atom. The van der Waals surface area contributed by atoms with Crippen LogP contribution in [0.4, 0.5) is 4.79 Å². The lowest BCUT2D eigenvalue weighted by atomic mass is 9.90. The topological polar surface area (TPSA) is 82.4 Å². The molecule has 1 aromatic rings. The predicted molar refractivity (Wildman–Crippen MR) is 113 cm³/mol. The lowest BCUT2D eigenvalue weighted by molar-refractivity contribution is 0.0696. The molecule has 7 heteroatoms. The molecular formula is C23H29N3O4. The number of carbonyl (C=O) groups excluding carboxylic acids is 1. The second-order valence-corrected chi connectivity index (χ2v) is 8.45. The Labute approximate surface area is 177 Å². The third-order valence-corrected chi connectivity index (χ3v) is 6.19. The highest BCUT2D eigenvalue weighted by molar-refractivity contribution is 5.87. The van der Waals surface area contributed by atoms with Gasteiger partial charge < -0.3 is 19.6 Å². The predicted octanol–water partition coefficient (Wildman–Crippen LogP) is 3.91. The molecule has 1 aliphatic carbocycles. The van der Waals surface area contributed by atoms with Crippen LogP contribution in [-0.2, 0) is 11.3 Å². The molecular weight excluding hydrogens is 382 g/mol. The largest absolute Gasteiger partial charge is 0.478 e. The van der Waals surface area contributed by atoms with Crippen molar-refractivity contribution in [2.75, 3.05) is 26.2 Å². The van der Waals surface area contributed by atoms with E-state index < -0.39 is 5.97 Å². The highest BCUT2D eigenvalue weighted by Crippen LogP contribution is 2.26. The van der Waals surface area contributed by atoms with Gasteiger partial charge in [0.05, 0.1) is 18.5 Å². The van der Waals surface area contributed by atoms with E-state index in [0.29, 0.717) is 38.7 Å². The minimum Gasteiger partial charge on any atom is -0.478 e. The van der Waals surface area contributed by atoms with Gasteiger partial charge in [-0.1, -0.05) is 31.4 Å². The molecule has 4 rings (SSSR count).